The highest BCUT2D eigenvalue weighted by molar-refractivity contribution is 6.10. The number of hydrogen-bond acceptors (Lipinski definition) is 1. The van der Waals surface area contributed by atoms with E-state index in [2.05, 4.69) is 289 Å². The first-order valence-electron chi connectivity index (χ1n) is 23.8. The van der Waals surface area contributed by atoms with E-state index in [0.29, 0.717) is 0 Å². The summed E-state index contributed by atoms with van der Waals surface area (Å²) in [5, 5.41) is 2.46. The van der Waals surface area contributed by atoms with Crippen molar-refractivity contribution in [1.29, 1.82) is 0 Å². The average Bonchev–Trinajstić information content (AvgIpc) is 3.92. The quantitative estimate of drug-likeness (QED) is 0.140. The molecular formula is C67H46N2. The van der Waals surface area contributed by atoms with Crippen molar-refractivity contribution < 1.29 is 0 Å². The van der Waals surface area contributed by atoms with Crippen LogP contribution in [0.5, 0.6) is 0 Å². The highest BCUT2D eigenvalue weighted by Gasteiger charge is 2.46. The summed E-state index contributed by atoms with van der Waals surface area (Å²) in [7, 11) is 0. The van der Waals surface area contributed by atoms with Crippen LogP contribution in [0.15, 0.2) is 279 Å². The molecule has 2 heteroatoms. The molecule has 1 aliphatic carbocycles. The van der Waals surface area contributed by atoms with Gasteiger partial charge in [0.2, 0.25) is 0 Å². The molecule has 1 aromatic heterocycles. The van der Waals surface area contributed by atoms with E-state index in [1.165, 1.54) is 77.4 Å². The van der Waals surface area contributed by atoms with E-state index in [1.54, 1.807) is 0 Å². The van der Waals surface area contributed by atoms with Crippen molar-refractivity contribution in [2.75, 3.05) is 4.90 Å². The summed E-state index contributed by atoms with van der Waals surface area (Å²) in [6, 6.07) is 102. The second-order valence-electron chi connectivity index (χ2n) is 18.1. The molecule has 0 saturated carbocycles. The molecule has 0 saturated heterocycles. The fraction of sp³-hybridized carbons (Fsp3) is 0.0149. The largest absolute Gasteiger partial charge is 0.310 e. The van der Waals surface area contributed by atoms with Crippen molar-refractivity contribution in [3.8, 4) is 50.2 Å². The summed E-state index contributed by atoms with van der Waals surface area (Å²) >= 11 is 0. The number of para-hydroxylation sites is 1. The summed E-state index contributed by atoms with van der Waals surface area (Å²) in [5.74, 6) is 0. The van der Waals surface area contributed by atoms with Crippen molar-refractivity contribution in [1.82, 2.24) is 4.57 Å². The predicted octanol–water partition coefficient (Wildman–Crippen LogP) is 17.6. The Morgan fingerprint density at radius 2 is 0.725 bits per heavy atom. The first-order valence-corrected chi connectivity index (χ1v) is 23.8. The minimum Gasteiger partial charge on any atom is -0.310 e. The van der Waals surface area contributed by atoms with Crippen molar-refractivity contribution in [2.24, 2.45) is 0 Å². The maximum absolute atomic E-state index is 2.47. The average molecular weight is 879 g/mol. The van der Waals surface area contributed by atoms with Gasteiger partial charge in [-0.25, -0.2) is 0 Å². The Bertz CT molecular complexity index is 3710. The molecule has 69 heavy (non-hydrogen) atoms. The summed E-state index contributed by atoms with van der Waals surface area (Å²) < 4.78 is 2.47. The van der Waals surface area contributed by atoms with Crippen molar-refractivity contribution >= 4 is 38.9 Å². The van der Waals surface area contributed by atoms with Crippen LogP contribution in [0.1, 0.15) is 22.3 Å². The highest BCUT2D eigenvalue weighted by atomic mass is 15.1. The normalized spacial score (nSPS) is 12.5. The summed E-state index contributed by atoms with van der Waals surface area (Å²) in [4.78, 5) is 2.39. The van der Waals surface area contributed by atoms with Crippen LogP contribution in [-0.4, -0.2) is 4.57 Å². The van der Waals surface area contributed by atoms with Crippen LogP contribution in [0, 0.1) is 0 Å². The number of benzene rings is 11. The third kappa shape index (κ3) is 6.72. The van der Waals surface area contributed by atoms with E-state index in [1.807, 2.05) is 0 Å². The van der Waals surface area contributed by atoms with Gasteiger partial charge in [-0.1, -0.05) is 218 Å². The molecule has 0 aliphatic heterocycles. The third-order valence-electron chi connectivity index (χ3n) is 14.2. The van der Waals surface area contributed by atoms with E-state index in [-0.39, 0.29) is 0 Å². The summed E-state index contributed by atoms with van der Waals surface area (Å²) in [5.41, 5.74) is 21.0. The molecule has 0 radical (unpaired) electrons. The molecule has 12 aromatic rings. The maximum atomic E-state index is 2.47. The Morgan fingerprint density at radius 1 is 0.275 bits per heavy atom. The Morgan fingerprint density at radius 3 is 1.32 bits per heavy atom. The van der Waals surface area contributed by atoms with Gasteiger partial charge in [0, 0.05) is 33.5 Å². The molecule has 11 aromatic carbocycles. The number of hydrogen-bond donors (Lipinski definition) is 0. The molecule has 324 valence electrons. The zero-order chi connectivity index (χ0) is 45.7. The predicted molar refractivity (Wildman–Crippen MR) is 289 cm³/mol. The van der Waals surface area contributed by atoms with Crippen LogP contribution in [0.4, 0.5) is 17.1 Å². The molecule has 2 nitrogen and oxygen atoms in total. The van der Waals surface area contributed by atoms with Crippen LogP contribution in [0.3, 0.4) is 0 Å². The zero-order valence-corrected chi connectivity index (χ0v) is 38.0. The molecule has 1 aliphatic rings. The standard InChI is InChI=1S/C67H46N2/c1-5-20-47(21-6-1)49-24-17-31-55(42-49)68(56-32-18-25-50(43-56)48-22-7-2-8-23-48)57-33-19-26-51(44-57)52-38-40-61-60-35-14-16-37-65(60)69(66(61)45-52)58-39-41-64-62(46-58)59-34-13-15-36-63(59)67(64,53-27-9-3-10-28-53)54-29-11-4-12-30-54/h1-46H. The second-order valence-corrected chi connectivity index (χ2v) is 18.1. The van der Waals surface area contributed by atoms with Gasteiger partial charge in [-0.3, -0.25) is 0 Å². The topological polar surface area (TPSA) is 8.17 Å². The smallest absolute Gasteiger partial charge is 0.0713 e. The third-order valence-corrected chi connectivity index (χ3v) is 14.2. The van der Waals surface area contributed by atoms with Gasteiger partial charge in [-0.05, 0) is 127 Å². The van der Waals surface area contributed by atoms with Crippen LogP contribution < -0.4 is 4.90 Å². The Hall–Kier alpha value is -8.98. The summed E-state index contributed by atoms with van der Waals surface area (Å²) in [6.07, 6.45) is 0. The molecule has 0 spiro atoms. The van der Waals surface area contributed by atoms with E-state index in [4.69, 9.17) is 0 Å². The maximum Gasteiger partial charge on any atom is 0.0713 e. The Labute approximate surface area is 403 Å². The van der Waals surface area contributed by atoms with Crippen LogP contribution in [0.2, 0.25) is 0 Å². The second kappa shape index (κ2) is 16.7. The van der Waals surface area contributed by atoms with Gasteiger partial charge in [0.15, 0.2) is 0 Å². The molecule has 0 fully saturated rings. The molecule has 0 N–H and O–H groups in total. The number of aromatic nitrogens is 1. The van der Waals surface area contributed by atoms with Crippen LogP contribution in [-0.2, 0) is 5.41 Å². The molecule has 0 unspecified atom stereocenters. The first kappa shape index (κ1) is 40.3. The van der Waals surface area contributed by atoms with E-state index in [9.17, 15) is 0 Å². The first-order chi connectivity index (χ1) is 34.2. The minimum absolute atomic E-state index is 0.453. The lowest BCUT2D eigenvalue weighted by molar-refractivity contribution is 0.768. The molecule has 0 bridgehead atoms. The molecule has 0 amide bonds. The van der Waals surface area contributed by atoms with Gasteiger partial charge < -0.3 is 9.47 Å². The van der Waals surface area contributed by atoms with Gasteiger partial charge in [0.05, 0.1) is 16.4 Å². The monoisotopic (exact) mass is 878 g/mol. The van der Waals surface area contributed by atoms with Gasteiger partial charge >= 0.3 is 0 Å². The zero-order valence-electron chi connectivity index (χ0n) is 38.0. The Balaban J connectivity index is 0.969. The van der Waals surface area contributed by atoms with E-state index in [0.717, 1.165) is 33.9 Å². The van der Waals surface area contributed by atoms with Crippen LogP contribution in [0.25, 0.3) is 72.0 Å². The lowest BCUT2D eigenvalue weighted by atomic mass is 9.68. The van der Waals surface area contributed by atoms with Gasteiger partial charge in [0.1, 0.15) is 0 Å². The number of fused-ring (bicyclic) bond motifs is 6. The van der Waals surface area contributed by atoms with E-state index < -0.39 is 5.41 Å². The Kier molecular flexibility index (Phi) is 9.77. The number of anilines is 3. The fourth-order valence-corrected chi connectivity index (χ4v) is 11.2. The minimum atomic E-state index is -0.453. The molecular weight excluding hydrogens is 833 g/mol. The fourth-order valence-electron chi connectivity index (χ4n) is 11.2. The molecule has 1 heterocycles. The summed E-state index contributed by atoms with van der Waals surface area (Å²) in [6.45, 7) is 0. The SMILES string of the molecule is c1ccc(-c2cccc(N(c3cccc(-c4ccccc4)c3)c3cccc(-c4ccc5c6ccccc6n(-c6ccc7c(c6)-c6ccccc6C7(c6ccccc6)c6ccccc6)c5c4)c3)c2)cc1. The van der Waals surface area contributed by atoms with Crippen molar-refractivity contribution in [3.63, 3.8) is 0 Å². The van der Waals surface area contributed by atoms with Gasteiger partial charge in [-0.2, -0.15) is 0 Å². The molecule has 0 atom stereocenters. The number of rotatable bonds is 9. The lowest BCUT2D eigenvalue weighted by Gasteiger charge is -2.33. The van der Waals surface area contributed by atoms with Crippen molar-refractivity contribution in [2.45, 2.75) is 5.41 Å². The van der Waals surface area contributed by atoms with Gasteiger partial charge in [-0.15, -0.1) is 0 Å². The van der Waals surface area contributed by atoms with Crippen molar-refractivity contribution in [3.05, 3.63) is 301 Å². The van der Waals surface area contributed by atoms with Crippen LogP contribution >= 0.6 is 0 Å². The van der Waals surface area contributed by atoms with E-state index >= 15 is 0 Å². The lowest BCUT2D eigenvalue weighted by Crippen LogP contribution is -2.28. The van der Waals surface area contributed by atoms with Gasteiger partial charge in [0.25, 0.3) is 0 Å². The molecule has 13 rings (SSSR count). The number of nitrogens with zero attached hydrogens (tertiary/aromatic N) is 2. The highest BCUT2D eigenvalue weighted by Crippen LogP contribution is 2.56.